The number of ketones is 1. The third-order valence-electron chi connectivity index (χ3n) is 3.37. The van der Waals surface area contributed by atoms with E-state index in [0.29, 0.717) is 28.5 Å². The van der Waals surface area contributed by atoms with Crippen molar-refractivity contribution in [2.45, 2.75) is 13.3 Å². The van der Waals surface area contributed by atoms with Gasteiger partial charge < -0.3 is 4.74 Å². The van der Waals surface area contributed by atoms with Gasteiger partial charge in [0.05, 0.1) is 18.7 Å². The molecule has 1 aromatic rings. The average molecular weight is 287 g/mol. The maximum Gasteiger partial charge on any atom is 0.258 e. The average Bonchev–Trinajstić information content (AvgIpc) is 2.53. The van der Waals surface area contributed by atoms with Crippen molar-refractivity contribution in [2.24, 2.45) is 5.92 Å². The number of benzene rings is 1. The first kappa shape index (κ1) is 15.0. The second-order valence-corrected chi connectivity index (χ2v) is 4.75. The molecule has 110 valence electrons. The highest BCUT2D eigenvalue weighted by Gasteiger charge is 2.30. The van der Waals surface area contributed by atoms with Gasteiger partial charge in [-0.2, -0.15) is 5.06 Å². The van der Waals surface area contributed by atoms with E-state index >= 15 is 0 Å². The van der Waals surface area contributed by atoms with Crippen LogP contribution in [0, 0.1) is 5.92 Å². The number of hydroxylamine groups is 1. The van der Waals surface area contributed by atoms with Crippen LogP contribution in [-0.4, -0.2) is 24.0 Å². The van der Waals surface area contributed by atoms with Gasteiger partial charge in [0.15, 0.2) is 5.78 Å². The van der Waals surface area contributed by atoms with E-state index in [1.54, 1.807) is 42.5 Å². The topological polar surface area (TPSA) is 66.8 Å². The van der Waals surface area contributed by atoms with Crippen molar-refractivity contribution in [3.05, 3.63) is 48.1 Å². The lowest BCUT2D eigenvalue weighted by molar-refractivity contribution is -0.128. The first-order valence-electron chi connectivity index (χ1n) is 6.59. The van der Waals surface area contributed by atoms with E-state index < -0.39 is 11.8 Å². The standard InChI is InChI=1S/C16H17NO4/c1-11(18)14-8-3-4-9-15(14)16(19)17(20)12-6-5-7-13(10-12)21-2/h3-8,10,15,20H,9H2,1-2H3. The Morgan fingerprint density at radius 3 is 2.81 bits per heavy atom. The van der Waals surface area contributed by atoms with Crippen molar-refractivity contribution < 1.29 is 19.5 Å². The largest absolute Gasteiger partial charge is 0.497 e. The number of nitrogens with zero attached hydrogens (tertiary/aromatic N) is 1. The Morgan fingerprint density at radius 2 is 2.14 bits per heavy atom. The number of anilines is 1. The molecule has 0 aromatic heterocycles. The minimum atomic E-state index is -0.663. The first-order chi connectivity index (χ1) is 10.0. The van der Waals surface area contributed by atoms with Gasteiger partial charge in [0.2, 0.25) is 0 Å². The monoisotopic (exact) mass is 287 g/mol. The summed E-state index contributed by atoms with van der Waals surface area (Å²) in [5, 5.41) is 10.7. The fraction of sp³-hybridized carbons (Fsp3) is 0.250. The van der Waals surface area contributed by atoms with Crippen LogP contribution in [0.3, 0.4) is 0 Å². The van der Waals surface area contributed by atoms with Gasteiger partial charge in [-0.25, -0.2) is 0 Å². The number of amides is 1. The molecule has 1 unspecified atom stereocenters. The summed E-state index contributed by atoms with van der Waals surface area (Å²) in [6.45, 7) is 1.42. The molecule has 1 atom stereocenters. The summed E-state index contributed by atoms with van der Waals surface area (Å²) in [4.78, 5) is 24.0. The highest BCUT2D eigenvalue weighted by molar-refractivity contribution is 6.04. The van der Waals surface area contributed by atoms with Gasteiger partial charge in [-0.05, 0) is 25.5 Å². The summed E-state index contributed by atoms with van der Waals surface area (Å²) < 4.78 is 5.06. The Bertz CT molecular complexity index is 618. The lowest BCUT2D eigenvalue weighted by Crippen LogP contribution is -2.36. The second-order valence-electron chi connectivity index (χ2n) is 4.75. The molecule has 1 aromatic carbocycles. The summed E-state index contributed by atoms with van der Waals surface area (Å²) in [5.74, 6) is -0.834. The Balaban J connectivity index is 2.24. The summed E-state index contributed by atoms with van der Waals surface area (Å²) in [6, 6.07) is 6.53. The zero-order chi connectivity index (χ0) is 15.4. The van der Waals surface area contributed by atoms with Crippen molar-refractivity contribution in [1.82, 2.24) is 0 Å². The lowest BCUT2D eigenvalue weighted by atomic mass is 9.88. The van der Waals surface area contributed by atoms with E-state index in [1.165, 1.54) is 14.0 Å². The van der Waals surface area contributed by atoms with Crippen molar-refractivity contribution >= 4 is 17.4 Å². The van der Waals surface area contributed by atoms with Crippen LogP contribution in [0.2, 0.25) is 0 Å². The van der Waals surface area contributed by atoms with Gasteiger partial charge in [-0.15, -0.1) is 0 Å². The first-order valence-corrected chi connectivity index (χ1v) is 6.59. The molecule has 0 bridgehead atoms. The zero-order valence-corrected chi connectivity index (χ0v) is 11.9. The third-order valence-corrected chi connectivity index (χ3v) is 3.37. The Morgan fingerprint density at radius 1 is 1.38 bits per heavy atom. The van der Waals surface area contributed by atoms with Gasteiger partial charge in [0, 0.05) is 11.6 Å². The normalized spacial score (nSPS) is 17.1. The van der Waals surface area contributed by atoms with Crippen LogP contribution >= 0.6 is 0 Å². The molecule has 0 radical (unpaired) electrons. The molecule has 1 amide bonds. The molecule has 1 N–H and O–H groups in total. The second kappa shape index (κ2) is 6.37. The molecule has 5 heteroatoms. The number of carbonyl (C=O) groups is 2. The molecule has 5 nitrogen and oxygen atoms in total. The van der Waals surface area contributed by atoms with Crippen molar-refractivity contribution in [3.8, 4) is 5.75 Å². The van der Waals surface area contributed by atoms with E-state index in [0.717, 1.165) is 0 Å². The minimum absolute atomic E-state index is 0.170. The van der Waals surface area contributed by atoms with Crippen molar-refractivity contribution in [3.63, 3.8) is 0 Å². The summed E-state index contributed by atoms with van der Waals surface area (Å²) >= 11 is 0. The van der Waals surface area contributed by atoms with Crippen LogP contribution < -0.4 is 9.80 Å². The minimum Gasteiger partial charge on any atom is -0.497 e. The number of hydrogen-bond donors (Lipinski definition) is 1. The number of rotatable bonds is 4. The van der Waals surface area contributed by atoms with Crippen molar-refractivity contribution in [1.29, 1.82) is 0 Å². The zero-order valence-electron chi connectivity index (χ0n) is 11.9. The maximum atomic E-state index is 12.4. The van der Waals surface area contributed by atoms with Gasteiger partial charge in [0.25, 0.3) is 5.91 Å². The van der Waals surface area contributed by atoms with Gasteiger partial charge >= 0.3 is 0 Å². The smallest absolute Gasteiger partial charge is 0.258 e. The van der Waals surface area contributed by atoms with Gasteiger partial charge in [-0.1, -0.05) is 24.3 Å². The van der Waals surface area contributed by atoms with E-state index in [4.69, 9.17) is 4.74 Å². The molecule has 2 rings (SSSR count). The number of allylic oxidation sites excluding steroid dienone is 3. The number of hydrogen-bond acceptors (Lipinski definition) is 4. The summed E-state index contributed by atoms with van der Waals surface area (Å²) in [5.41, 5.74) is 0.709. The number of ether oxygens (including phenoxy) is 1. The molecule has 21 heavy (non-hydrogen) atoms. The summed E-state index contributed by atoms with van der Waals surface area (Å²) in [7, 11) is 1.51. The van der Waals surface area contributed by atoms with Crippen LogP contribution in [0.5, 0.6) is 5.75 Å². The predicted octanol–water partition coefficient (Wildman–Crippen LogP) is 2.51. The molecule has 0 spiro atoms. The molecule has 0 fully saturated rings. The van der Waals surface area contributed by atoms with E-state index in [2.05, 4.69) is 0 Å². The molecule has 1 aliphatic carbocycles. The van der Waals surface area contributed by atoms with Gasteiger partial charge in [0.1, 0.15) is 5.75 Å². The quantitative estimate of drug-likeness (QED) is 0.682. The molecule has 0 saturated heterocycles. The van der Waals surface area contributed by atoms with E-state index in [1.807, 2.05) is 0 Å². The Kier molecular flexibility index (Phi) is 4.55. The van der Waals surface area contributed by atoms with Crippen molar-refractivity contribution in [2.75, 3.05) is 12.2 Å². The lowest BCUT2D eigenvalue weighted by Gasteiger charge is -2.24. The van der Waals surface area contributed by atoms with Crippen LogP contribution in [0.4, 0.5) is 5.69 Å². The fourth-order valence-corrected chi connectivity index (χ4v) is 2.24. The number of carbonyl (C=O) groups excluding carboxylic acids is 2. The van der Waals surface area contributed by atoms with Gasteiger partial charge in [-0.3, -0.25) is 14.8 Å². The number of methoxy groups -OCH3 is 1. The molecular weight excluding hydrogens is 270 g/mol. The van der Waals surface area contributed by atoms with Crippen LogP contribution in [-0.2, 0) is 9.59 Å². The third kappa shape index (κ3) is 3.20. The highest BCUT2D eigenvalue weighted by atomic mass is 16.5. The molecule has 0 aliphatic heterocycles. The number of Topliss-reactive ketones (excluding diaryl/α,β-unsaturated/α-hetero) is 1. The highest BCUT2D eigenvalue weighted by Crippen LogP contribution is 2.27. The predicted molar refractivity (Wildman–Crippen MR) is 78.3 cm³/mol. The molecule has 0 heterocycles. The molecule has 0 saturated carbocycles. The molecule has 1 aliphatic rings. The SMILES string of the molecule is COc1cccc(N(O)C(=O)C2CC=CC=C2C(C)=O)c1. The van der Waals surface area contributed by atoms with Crippen LogP contribution in [0.1, 0.15) is 13.3 Å². The van der Waals surface area contributed by atoms with E-state index in [9.17, 15) is 14.8 Å². The Hall–Kier alpha value is -2.40. The summed E-state index contributed by atoms with van der Waals surface area (Å²) in [6.07, 6.45) is 5.56. The fourth-order valence-electron chi connectivity index (χ4n) is 2.24. The maximum absolute atomic E-state index is 12.4. The Labute approximate surface area is 123 Å². The molecular formula is C16H17NO4. The van der Waals surface area contributed by atoms with Crippen LogP contribution in [0.15, 0.2) is 48.1 Å². The van der Waals surface area contributed by atoms with Crippen LogP contribution in [0.25, 0.3) is 0 Å². The van der Waals surface area contributed by atoms with E-state index in [-0.39, 0.29) is 5.78 Å².